The van der Waals surface area contributed by atoms with Gasteiger partial charge < -0.3 is 10.2 Å². The zero-order valence-electron chi connectivity index (χ0n) is 12.8. The van der Waals surface area contributed by atoms with Crippen molar-refractivity contribution in [3.05, 3.63) is 29.6 Å². The first-order valence-electron chi connectivity index (χ1n) is 6.80. The summed E-state index contributed by atoms with van der Waals surface area (Å²) in [7, 11) is 1.54. The molecule has 21 heavy (non-hydrogen) atoms. The third-order valence-corrected chi connectivity index (χ3v) is 3.03. The molecule has 0 saturated carbocycles. The van der Waals surface area contributed by atoms with Crippen LogP contribution < -0.4 is 10.2 Å². The van der Waals surface area contributed by atoms with Gasteiger partial charge in [-0.1, -0.05) is 6.07 Å². The van der Waals surface area contributed by atoms with Crippen LogP contribution in [-0.2, 0) is 6.54 Å². The van der Waals surface area contributed by atoms with Gasteiger partial charge in [-0.05, 0) is 32.9 Å². The first-order valence-corrected chi connectivity index (χ1v) is 6.80. The number of benzene rings is 1. The number of nitrogens with one attached hydrogen (secondary N) is 1. The smallest absolute Gasteiger partial charge is 0.374 e. The van der Waals surface area contributed by atoms with Gasteiger partial charge in [0, 0.05) is 36.9 Å². The molecule has 0 aromatic heterocycles. The second-order valence-corrected chi connectivity index (χ2v) is 6.13. The highest BCUT2D eigenvalue weighted by atomic mass is 19.4. The maximum atomic E-state index is 14.0. The molecule has 6 heteroatoms. The van der Waals surface area contributed by atoms with E-state index in [1.54, 1.807) is 13.1 Å². The van der Waals surface area contributed by atoms with Gasteiger partial charge in [0.1, 0.15) is 5.82 Å². The summed E-state index contributed by atoms with van der Waals surface area (Å²) in [6.45, 7) is 5.90. The third-order valence-electron chi connectivity index (χ3n) is 3.03. The fraction of sp³-hybridized carbons (Fsp3) is 0.600. The topological polar surface area (TPSA) is 15.3 Å². The van der Waals surface area contributed by atoms with Crippen molar-refractivity contribution >= 4 is 5.69 Å². The van der Waals surface area contributed by atoms with Crippen molar-refractivity contribution in [2.75, 3.05) is 18.5 Å². The maximum absolute atomic E-state index is 14.0. The lowest BCUT2D eigenvalue weighted by Gasteiger charge is -2.26. The van der Waals surface area contributed by atoms with E-state index in [0.29, 0.717) is 11.3 Å². The average molecular weight is 306 g/mol. The van der Waals surface area contributed by atoms with Gasteiger partial charge in [0.25, 0.3) is 0 Å². The number of nitrogens with zero attached hydrogens (tertiary/aromatic N) is 1. The van der Waals surface area contributed by atoms with Gasteiger partial charge in [0.05, 0.1) is 6.42 Å². The van der Waals surface area contributed by atoms with E-state index < -0.39 is 18.4 Å². The average Bonchev–Trinajstić information content (AvgIpc) is 2.32. The van der Waals surface area contributed by atoms with Crippen LogP contribution in [0.1, 0.15) is 32.8 Å². The molecule has 1 aromatic rings. The Morgan fingerprint density at radius 1 is 1.14 bits per heavy atom. The molecule has 0 atom stereocenters. The molecule has 0 saturated heterocycles. The Morgan fingerprint density at radius 3 is 2.29 bits per heavy atom. The van der Waals surface area contributed by atoms with Crippen molar-refractivity contribution in [1.29, 1.82) is 0 Å². The Morgan fingerprint density at radius 2 is 1.76 bits per heavy atom. The molecule has 1 aromatic carbocycles. The zero-order valence-corrected chi connectivity index (χ0v) is 12.8. The van der Waals surface area contributed by atoms with Crippen LogP contribution in [0, 0.1) is 5.82 Å². The highest BCUT2D eigenvalue weighted by molar-refractivity contribution is 5.53. The second-order valence-electron chi connectivity index (χ2n) is 6.13. The van der Waals surface area contributed by atoms with E-state index >= 15 is 0 Å². The van der Waals surface area contributed by atoms with Gasteiger partial charge in [0.15, 0.2) is 0 Å². The fourth-order valence-electron chi connectivity index (χ4n) is 1.85. The van der Waals surface area contributed by atoms with E-state index in [9.17, 15) is 17.6 Å². The van der Waals surface area contributed by atoms with E-state index in [1.807, 2.05) is 20.8 Å². The monoisotopic (exact) mass is 306 g/mol. The van der Waals surface area contributed by atoms with Crippen molar-refractivity contribution in [3.63, 3.8) is 0 Å². The van der Waals surface area contributed by atoms with Crippen LogP contribution in [0.3, 0.4) is 0 Å². The van der Waals surface area contributed by atoms with E-state index in [1.165, 1.54) is 17.0 Å². The van der Waals surface area contributed by atoms with Crippen molar-refractivity contribution < 1.29 is 17.6 Å². The quantitative estimate of drug-likeness (QED) is 0.824. The standard InChI is InChI=1S/C15H22F4N2/c1-14(2,3)20-10-11-12(16)6-5-7-13(11)21(4)9-8-15(17,18)19/h5-7,20H,8-10H2,1-4H3. The van der Waals surface area contributed by atoms with Crippen LogP contribution in [0.4, 0.5) is 23.2 Å². The molecule has 1 rings (SSSR count). The molecule has 0 heterocycles. The minimum atomic E-state index is -4.22. The Bertz CT molecular complexity index is 464. The van der Waals surface area contributed by atoms with E-state index in [2.05, 4.69) is 5.32 Å². The molecule has 1 N–H and O–H groups in total. The highest BCUT2D eigenvalue weighted by Gasteiger charge is 2.27. The fourth-order valence-corrected chi connectivity index (χ4v) is 1.85. The summed E-state index contributed by atoms with van der Waals surface area (Å²) in [6.07, 6.45) is -5.14. The van der Waals surface area contributed by atoms with Crippen molar-refractivity contribution in [2.24, 2.45) is 0 Å². The van der Waals surface area contributed by atoms with Gasteiger partial charge in [-0.15, -0.1) is 0 Å². The predicted octanol–water partition coefficient (Wildman–Crippen LogP) is 4.10. The molecular formula is C15H22F4N2. The Labute approximate surface area is 123 Å². The van der Waals surface area contributed by atoms with E-state index in [-0.39, 0.29) is 18.6 Å². The molecule has 0 unspecified atom stereocenters. The molecular weight excluding hydrogens is 284 g/mol. The Kier molecular flexibility index (Phi) is 5.61. The van der Waals surface area contributed by atoms with Crippen LogP contribution in [0.15, 0.2) is 18.2 Å². The summed E-state index contributed by atoms with van der Waals surface area (Å²) >= 11 is 0. The lowest BCUT2D eigenvalue weighted by atomic mass is 10.1. The number of hydrogen-bond acceptors (Lipinski definition) is 2. The lowest BCUT2D eigenvalue weighted by molar-refractivity contribution is -0.132. The summed E-state index contributed by atoms with van der Waals surface area (Å²) in [5.41, 5.74) is 0.664. The predicted molar refractivity (Wildman–Crippen MR) is 76.9 cm³/mol. The molecule has 0 aliphatic carbocycles. The first kappa shape index (κ1) is 17.8. The molecule has 2 nitrogen and oxygen atoms in total. The Balaban J connectivity index is 2.88. The zero-order chi connectivity index (χ0) is 16.3. The second kappa shape index (κ2) is 6.64. The largest absolute Gasteiger partial charge is 0.390 e. The molecule has 0 amide bonds. The number of hydrogen-bond donors (Lipinski definition) is 1. The number of alkyl halides is 3. The molecule has 0 bridgehead atoms. The van der Waals surface area contributed by atoms with Crippen molar-refractivity contribution in [1.82, 2.24) is 5.32 Å². The molecule has 0 aliphatic rings. The van der Waals surface area contributed by atoms with Crippen molar-refractivity contribution in [2.45, 2.75) is 45.5 Å². The maximum Gasteiger partial charge on any atom is 0.390 e. The van der Waals surface area contributed by atoms with Crippen LogP contribution in [-0.4, -0.2) is 25.3 Å². The summed E-state index contributed by atoms with van der Waals surface area (Å²) in [5.74, 6) is -0.414. The van der Waals surface area contributed by atoms with Gasteiger partial charge >= 0.3 is 6.18 Å². The van der Waals surface area contributed by atoms with Crippen LogP contribution in [0.5, 0.6) is 0 Å². The summed E-state index contributed by atoms with van der Waals surface area (Å²) in [4.78, 5) is 1.44. The van der Waals surface area contributed by atoms with Crippen LogP contribution in [0.2, 0.25) is 0 Å². The first-order chi connectivity index (χ1) is 9.49. The molecule has 0 fully saturated rings. The summed E-state index contributed by atoms with van der Waals surface area (Å²) < 4.78 is 50.9. The van der Waals surface area contributed by atoms with E-state index in [0.717, 1.165) is 0 Å². The third kappa shape index (κ3) is 6.33. The van der Waals surface area contributed by atoms with E-state index in [4.69, 9.17) is 0 Å². The van der Waals surface area contributed by atoms with Gasteiger partial charge in [-0.25, -0.2) is 4.39 Å². The summed E-state index contributed by atoms with van der Waals surface area (Å²) in [5, 5.41) is 3.16. The number of halogens is 4. The number of anilines is 1. The Hall–Kier alpha value is -1.30. The van der Waals surface area contributed by atoms with Gasteiger partial charge in [0.2, 0.25) is 0 Å². The van der Waals surface area contributed by atoms with Gasteiger partial charge in [-0.3, -0.25) is 0 Å². The molecule has 120 valence electrons. The molecule has 0 aliphatic heterocycles. The number of rotatable bonds is 5. The molecule has 0 spiro atoms. The summed E-state index contributed by atoms with van der Waals surface area (Å²) in [6, 6.07) is 4.47. The van der Waals surface area contributed by atoms with Crippen molar-refractivity contribution in [3.8, 4) is 0 Å². The van der Waals surface area contributed by atoms with Crippen LogP contribution >= 0.6 is 0 Å². The SMILES string of the molecule is CN(CCC(F)(F)F)c1cccc(F)c1CNC(C)(C)C. The van der Waals surface area contributed by atoms with Gasteiger partial charge in [-0.2, -0.15) is 13.2 Å². The lowest BCUT2D eigenvalue weighted by Crippen LogP contribution is -2.36. The van der Waals surface area contributed by atoms with Crippen LogP contribution in [0.25, 0.3) is 0 Å². The highest BCUT2D eigenvalue weighted by Crippen LogP contribution is 2.26. The normalized spacial score (nSPS) is 12.6. The molecule has 0 radical (unpaired) electrons. The minimum absolute atomic E-state index is 0.199. The minimum Gasteiger partial charge on any atom is -0.374 e.